The molecule has 2 aromatic heterocycles. The predicted octanol–water partition coefficient (Wildman–Crippen LogP) is 6.11. The average molecular weight is 405 g/mol. The van der Waals surface area contributed by atoms with E-state index in [9.17, 15) is 4.79 Å². The molecule has 0 radical (unpaired) electrons. The number of aromatic nitrogens is 2. The third kappa shape index (κ3) is 2.76. The molecule has 0 aliphatic carbocycles. The number of hydrogen-bond donors (Lipinski definition) is 1. The third-order valence-corrected chi connectivity index (χ3v) is 5.31. The van der Waals surface area contributed by atoms with E-state index in [0.717, 1.165) is 21.8 Å². The zero-order chi connectivity index (χ0) is 19.3. The summed E-state index contributed by atoms with van der Waals surface area (Å²) in [6.07, 6.45) is 1.80. The van der Waals surface area contributed by atoms with Gasteiger partial charge in [0.1, 0.15) is 5.58 Å². The van der Waals surface area contributed by atoms with E-state index in [-0.39, 0.29) is 0 Å². The van der Waals surface area contributed by atoms with Crippen LogP contribution in [0.3, 0.4) is 0 Å². The van der Waals surface area contributed by atoms with Crippen molar-refractivity contribution in [1.29, 1.82) is 0 Å². The molecule has 2 heterocycles. The van der Waals surface area contributed by atoms with Crippen molar-refractivity contribution >= 4 is 45.6 Å². The third-order valence-electron chi connectivity index (χ3n) is 4.76. The Bertz CT molecular complexity index is 1460. The lowest BCUT2D eigenvalue weighted by Gasteiger charge is -2.04. The molecule has 0 bridgehead atoms. The van der Waals surface area contributed by atoms with Crippen molar-refractivity contribution < 1.29 is 4.42 Å². The number of hydrogen-bond acceptors (Lipinski definition) is 3. The van der Waals surface area contributed by atoms with Gasteiger partial charge in [-0.1, -0.05) is 41.9 Å². The van der Waals surface area contributed by atoms with Gasteiger partial charge in [-0.15, -0.1) is 0 Å². The van der Waals surface area contributed by atoms with Crippen LogP contribution in [0.25, 0.3) is 38.7 Å². The van der Waals surface area contributed by atoms with Crippen molar-refractivity contribution in [3.8, 4) is 16.9 Å². The fourth-order valence-corrected chi connectivity index (χ4v) is 3.78. The van der Waals surface area contributed by atoms with Crippen LogP contribution in [0.4, 0.5) is 0 Å². The number of rotatable bonds is 2. The summed E-state index contributed by atoms with van der Waals surface area (Å²) in [6, 6.07) is 21.0. The van der Waals surface area contributed by atoms with Gasteiger partial charge < -0.3 is 9.40 Å². The van der Waals surface area contributed by atoms with Gasteiger partial charge in [-0.05, 0) is 59.4 Å². The van der Waals surface area contributed by atoms with Gasteiger partial charge in [0.15, 0.2) is 4.77 Å². The Balaban J connectivity index is 1.73. The molecule has 4 nitrogen and oxygen atoms in total. The molecule has 136 valence electrons. The zero-order valence-corrected chi connectivity index (χ0v) is 16.1. The predicted molar refractivity (Wildman–Crippen MR) is 115 cm³/mol. The molecular formula is C22H13ClN2O2S. The van der Waals surface area contributed by atoms with Crippen molar-refractivity contribution in [3.63, 3.8) is 0 Å². The van der Waals surface area contributed by atoms with Crippen molar-refractivity contribution in [2.75, 3.05) is 0 Å². The van der Waals surface area contributed by atoms with Gasteiger partial charge >= 0.3 is 5.63 Å². The number of H-pyrrole nitrogens is 1. The van der Waals surface area contributed by atoms with Crippen LogP contribution >= 0.6 is 23.8 Å². The summed E-state index contributed by atoms with van der Waals surface area (Å²) in [5, 5.41) is 3.64. The van der Waals surface area contributed by atoms with Crippen LogP contribution in [0.1, 0.15) is 0 Å². The van der Waals surface area contributed by atoms with E-state index >= 15 is 0 Å². The smallest absolute Gasteiger partial charge is 0.345 e. The first-order chi connectivity index (χ1) is 13.6. The van der Waals surface area contributed by atoms with Crippen LogP contribution in [0.15, 0.2) is 82.1 Å². The molecule has 0 atom stereocenters. The maximum Gasteiger partial charge on any atom is 0.345 e. The minimum Gasteiger partial charge on any atom is -0.422 e. The zero-order valence-electron chi connectivity index (χ0n) is 14.5. The first-order valence-corrected chi connectivity index (χ1v) is 9.42. The molecule has 0 fully saturated rings. The first kappa shape index (κ1) is 17.0. The monoisotopic (exact) mass is 404 g/mol. The van der Waals surface area contributed by atoms with Crippen LogP contribution in [0.5, 0.6) is 0 Å². The van der Waals surface area contributed by atoms with Crippen LogP contribution in [-0.4, -0.2) is 9.55 Å². The SMILES string of the molecule is O=c1oc2ccc3ccccc3c2cc1-c1cn(-c2ccc(Cl)cc2)c(=S)[nH]1. The molecular weight excluding hydrogens is 392 g/mol. The standard InChI is InChI=1S/C22H13ClN2O2S/c23-14-6-8-15(9-7-14)25-12-19(24-22(25)28)18-11-17-16-4-2-1-3-13(16)5-10-20(17)27-21(18)26/h1-12H,(H,24,28). The normalized spacial score (nSPS) is 11.3. The van der Waals surface area contributed by atoms with E-state index < -0.39 is 5.63 Å². The van der Waals surface area contributed by atoms with Crippen LogP contribution in [0.2, 0.25) is 5.02 Å². The van der Waals surface area contributed by atoms with Gasteiger partial charge in [-0.2, -0.15) is 0 Å². The fraction of sp³-hybridized carbons (Fsp3) is 0. The molecule has 0 spiro atoms. The van der Waals surface area contributed by atoms with E-state index in [4.69, 9.17) is 28.2 Å². The summed E-state index contributed by atoms with van der Waals surface area (Å²) < 4.78 is 7.87. The van der Waals surface area contributed by atoms with Gasteiger partial charge in [0.25, 0.3) is 0 Å². The first-order valence-electron chi connectivity index (χ1n) is 8.64. The van der Waals surface area contributed by atoms with Crippen molar-refractivity contribution in [2.24, 2.45) is 0 Å². The molecule has 0 amide bonds. The van der Waals surface area contributed by atoms with E-state index in [1.54, 1.807) is 22.9 Å². The summed E-state index contributed by atoms with van der Waals surface area (Å²) in [4.78, 5) is 15.7. The maximum absolute atomic E-state index is 12.6. The Labute approximate surface area is 169 Å². The van der Waals surface area contributed by atoms with Crippen molar-refractivity contribution in [3.05, 3.63) is 93.1 Å². The number of nitrogens with one attached hydrogen (secondary N) is 1. The Morgan fingerprint density at radius 2 is 1.75 bits per heavy atom. The van der Waals surface area contributed by atoms with Gasteiger partial charge in [0.2, 0.25) is 0 Å². The number of nitrogens with zero attached hydrogens (tertiary/aromatic N) is 1. The lowest BCUT2D eigenvalue weighted by atomic mass is 10.0. The summed E-state index contributed by atoms with van der Waals surface area (Å²) >= 11 is 11.4. The van der Waals surface area contributed by atoms with E-state index in [2.05, 4.69) is 4.98 Å². The van der Waals surface area contributed by atoms with Crippen molar-refractivity contribution in [1.82, 2.24) is 9.55 Å². The van der Waals surface area contributed by atoms with Gasteiger partial charge in [0, 0.05) is 22.3 Å². The number of halogens is 1. The second-order valence-corrected chi connectivity index (χ2v) is 7.29. The highest BCUT2D eigenvalue weighted by Gasteiger charge is 2.13. The summed E-state index contributed by atoms with van der Waals surface area (Å²) in [7, 11) is 0. The molecule has 28 heavy (non-hydrogen) atoms. The van der Waals surface area contributed by atoms with E-state index in [1.807, 2.05) is 54.6 Å². The number of fused-ring (bicyclic) bond motifs is 3. The Kier molecular flexibility index (Phi) is 3.93. The highest BCUT2D eigenvalue weighted by Crippen LogP contribution is 2.28. The van der Waals surface area contributed by atoms with Gasteiger partial charge in [-0.3, -0.25) is 4.57 Å². The molecule has 0 saturated heterocycles. The van der Waals surface area contributed by atoms with Crippen molar-refractivity contribution in [2.45, 2.75) is 0 Å². The lowest BCUT2D eigenvalue weighted by Crippen LogP contribution is -2.03. The maximum atomic E-state index is 12.6. The Morgan fingerprint density at radius 3 is 2.57 bits per heavy atom. The molecule has 5 rings (SSSR count). The highest BCUT2D eigenvalue weighted by molar-refractivity contribution is 7.71. The molecule has 5 aromatic rings. The van der Waals surface area contributed by atoms with Gasteiger partial charge in [0.05, 0.1) is 11.3 Å². The quantitative estimate of drug-likeness (QED) is 0.219. The lowest BCUT2D eigenvalue weighted by molar-refractivity contribution is 0.563. The minimum atomic E-state index is -0.415. The largest absolute Gasteiger partial charge is 0.422 e. The minimum absolute atomic E-state index is 0.415. The Hall–Kier alpha value is -3.15. The number of aromatic amines is 1. The fourth-order valence-electron chi connectivity index (χ4n) is 3.39. The average Bonchev–Trinajstić information content (AvgIpc) is 3.09. The summed E-state index contributed by atoms with van der Waals surface area (Å²) in [6.45, 7) is 0. The van der Waals surface area contributed by atoms with Crippen LogP contribution < -0.4 is 5.63 Å². The number of imidazole rings is 1. The summed E-state index contributed by atoms with van der Waals surface area (Å²) in [5.41, 5.74) is 2.03. The molecule has 6 heteroatoms. The number of benzene rings is 3. The molecule has 0 unspecified atom stereocenters. The van der Waals surface area contributed by atoms with E-state index in [1.165, 1.54) is 0 Å². The molecule has 1 N–H and O–H groups in total. The molecule has 0 aliphatic heterocycles. The second kappa shape index (κ2) is 6.48. The molecule has 0 saturated carbocycles. The van der Waals surface area contributed by atoms with Crippen LogP contribution in [0, 0.1) is 4.77 Å². The summed E-state index contributed by atoms with van der Waals surface area (Å²) in [5.74, 6) is 0. The van der Waals surface area contributed by atoms with Gasteiger partial charge in [-0.25, -0.2) is 4.79 Å². The molecule has 3 aromatic carbocycles. The topological polar surface area (TPSA) is 50.9 Å². The molecule has 0 aliphatic rings. The van der Waals surface area contributed by atoms with Crippen LogP contribution in [-0.2, 0) is 0 Å². The van der Waals surface area contributed by atoms with E-state index in [0.29, 0.717) is 26.6 Å². The second-order valence-electron chi connectivity index (χ2n) is 6.47. The highest BCUT2D eigenvalue weighted by atomic mass is 35.5. The Morgan fingerprint density at radius 1 is 0.964 bits per heavy atom.